The SMILES string of the molecule is Cc1cccc([C@H]2C3=CC[C@@H]4C(=O)N(CCc5ccc(O)cc5)C(=O)[C@@H]4[C@@H]3C[C@H]3C(=O)N(Nc4ncc(C(F)(F)F)cc4Cl)C(=O)[C@@]23c2ccc(Cl)cc2)c1O. The Labute approximate surface area is 328 Å². The van der Waals surface area contributed by atoms with Crippen LogP contribution in [0.5, 0.6) is 11.5 Å². The first-order valence-corrected chi connectivity index (χ1v) is 18.6. The molecule has 15 heteroatoms. The summed E-state index contributed by atoms with van der Waals surface area (Å²) in [5.74, 6) is -7.32. The van der Waals surface area contributed by atoms with Gasteiger partial charge in [0.2, 0.25) is 11.8 Å². The molecule has 6 atom stereocenters. The predicted octanol–water partition coefficient (Wildman–Crippen LogP) is 7.35. The molecule has 0 radical (unpaired) electrons. The highest BCUT2D eigenvalue weighted by molar-refractivity contribution is 6.33. The summed E-state index contributed by atoms with van der Waals surface area (Å²) in [5, 5.41) is 22.0. The summed E-state index contributed by atoms with van der Waals surface area (Å²) in [6, 6.07) is 18.5. The van der Waals surface area contributed by atoms with Crippen molar-refractivity contribution < 1.29 is 42.6 Å². The van der Waals surface area contributed by atoms with E-state index in [-0.39, 0.29) is 42.6 Å². The number of phenols is 2. The Bertz CT molecular complexity index is 2340. The number of carbonyl (C=O) groups is 4. The van der Waals surface area contributed by atoms with E-state index >= 15 is 4.79 Å². The van der Waals surface area contributed by atoms with Gasteiger partial charge in [-0.25, -0.2) is 4.98 Å². The number of allylic oxidation sites excluding steroid dienone is 2. The van der Waals surface area contributed by atoms with Crippen LogP contribution in [-0.2, 0) is 37.2 Å². The first-order chi connectivity index (χ1) is 26.6. The maximum atomic E-state index is 15.3. The van der Waals surface area contributed by atoms with Crippen LogP contribution in [-0.4, -0.2) is 55.3 Å². The number of pyridine rings is 1. The molecule has 4 aromatic rings. The Morgan fingerprint density at radius 1 is 0.929 bits per heavy atom. The summed E-state index contributed by atoms with van der Waals surface area (Å²) in [5.41, 5.74) is 2.28. The molecule has 0 bridgehead atoms. The molecular weight excluding hydrogens is 772 g/mol. The standard InChI is InChI=1S/C41H33Cl2F3N4O6/c1-20-3-2-4-28(34(20)52)33-26-13-14-27-32(38(55)49(36(27)53)16-15-21-5-11-25(51)12-6-21)29(26)18-30-37(54)50(39(56)40(30,33)22-7-9-24(42)10-8-22)48-35-31(43)17-23(19-47-35)41(44,45)46/h2-13,17,19,27,29-30,32-33,51-52H,14-16,18H2,1H3,(H,47,48)/t27-,29+,30-,32-,33+,40+/m0/s1. The topological polar surface area (TPSA) is 140 Å². The first-order valence-electron chi connectivity index (χ1n) is 17.9. The zero-order chi connectivity index (χ0) is 39.8. The van der Waals surface area contributed by atoms with Crippen molar-refractivity contribution in [3.05, 3.63) is 129 Å². The molecule has 3 aromatic carbocycles. The molecule has 4 aliphatic rings. The number of imide groups is 2. The van der Waals surface area contributed by atoms with E-state index in [0.29, 0.717) is 51.0 Å². The van der Waals surface area contributed by atoms with E-state index in [1.807, 2.05) is 6.08 Å². The number of aryl methyl sites for hydroxylation is 1. The molecule has 56 heavy (non-hydrogen) atoms. The number of para-hydroxylation sites is 1. The number of carbonyl (C=O) groups excluding carboxylic acids is 4. The molecule has 2 aliphatic heterocycles. The number of alkyl halides is 3. The van der Waals surface area contributed by atoms with Crippen molar-refractivity contribution in [3.8, 4) is 11.5 Å². The summed E-state index contributed by atoms with van der Waals surface area (Å²) < 4.78 is 40.4. The number of benzene rings is 3. The minimum absolute atomic E-state index is 0.0551. The highest BCUT2D eigenvalue weighted by Crippen LogP contribution is 2.65. The quantitative estimate of drug-likeness (QED) is 0.130. The van der Waals surface area contributed by atoms with Crippen molar-refractivity contribution >= 4 is 52.6 Å². The van der Waals surface area contributed by atoms with Gasteiger partial charge in [-0.15, -0.1) is 0 Å². The maximum absolute atomic E-state index is 15.3. The Morgan fingerprint density at radius 2 is 1.64 bits per heavy atom. The van der Waals surface area contributed by atoms with E-state index in [2.05, 4.69) is 10.4 Å². The summed E-state index contributed by atoms with van der Waals surface area (Å²) >= 11 is 12.6. The fourth-order valence-corrected chi connectivity index (χ4v) is 9.57. The lowest BCUT2D eigenvalue weighted by molar-refractivity contribution is -0.141. The van der Waals surface area contributed by atoms with E-state index in [0.717, 1.165) is 5.56 Å². The second kappa shape index (κ2) is 13.7. The number of aromatic hydroxyl groups is 2. The van der Waals surface area contributed by atoms with Crippen molar-refractivity contribution in [1.29, 1.82) is 0 Å². The lowest BCUT2D eigenvalue weighted by atomic mass is 9.49. The number of halogens is 5. The Hall–Kier alpha value is -5.40. The number of rotatable bonds is 7. The largest absolute Gasteiger partial charge is 0.508 e. The zero-order valence-electron chi connectivity index (χ0n) is 29.6. The third-order valence-corrected chi connectivity index (χ3v) is 12.3. The highest BCUT2D eigenvalue weighted by atomic mass is 35.5. The first kappa shape index (κ1) is 37.5. The van der Waals surface area contributed by atoms with Crippen molar-refractivity contribution in [2.75, 3.05) is 12.0 Å². The monoisotopic (exact) mass is 804 g/mol. The Balaban J connectivity index is 1.26. The van der Waals surface area contributed by atoms with Gasteiger partial charge in [0.05, 0.1) is 33.8 Å². The van der Waals surface area contributed by atoms with Crippen molar-refractivity contribution in [2.24, 2.45) is 23.7 Å². The lowest BCUT2D eigenvalue weighted by Gasteiger charge is -2.50. The molecule has 1 aromatic heterocycles. The number of amides is 4. The highest BCUT2D eigenvalue weighted by Gasteiger charge is 2.70. The third kappa shape index (κ3) is 5.82. The van der Waals surface area contributed by atoms with Crippen LogP contribution in [0.1, 0.15) is 46.6 Å². The summed E-state index contributed by atoms with van der Waals surface area (Å²) in [6.07, 6.45) is -1.92. The minimum atomic E-state index is -4.76. The van der Waals surface area contributed by atoms with E-state index in [1.165, 1.54) is 17.0 Å². The van der Waals surface area contributed by atoms with Gasteiger partial charge in [-0.2, -0.15) is 18.2 Å². The molecule has 1 saturated carbocycles. The van der Waals surface area contributed by atoms with Crippen molar-refractivity contribution in [2.45, 2.75) is 43.7 Å². The van der Waals surface area contributed by atoms with Crippen molar-refractivity contribution in [1.82, 2.24) is 14.9 Å². The lowest BCUT2D eigenvalue weighted by Crippen LogP contribution is -2.53. The Morgan fingerprint density at radius 3 is 2.32 bits per heavy atom. The van der Waals surface area contributed by atoms with Gasteiger partial charge in [0.25, 0.3) is 11.8 Å². The Kier molecular flexibility index (Phi) is 9.15. The van der Waals surface area contributed by atoms with Gasteiger partial charge in [0, 0.05) is 29.2 Å². The molecule has 2 aliphatic carbocycles. The van der Waals surface area contributed by atoms with E-state index in [9.17, 15) is 37.8 Å². The summed E-state index contributed by atoms with van der Waals surface area (Å²) in [4.78, 5) is 63.5. The predicted molar refractivity (Wildman–Crippen MR) is 198 cm³/mol. The number of nitrogens with one attached hydrogen (secondary N) is 1. The molecule has 3 N–H and O–H groups in total. The molecule has 4 amide bonds. The fourth-order valence-electron chi connectivity index (χ4n) is 9.23. The fraction of sp³-hybridized carbons (Fsp3) is 0.293. The summed E-state index contributed by atoms with van der Waals surface area (Å²) in [6.45, 7) is 1.78. The van der Waals surface area contributed by atoms with E-state index in [4.69, 9.17) is 23.2 Å². The molecule has 0 unspecified atom stereocenters. The van der Waals surface area contributed by atoms with Crippen LogP contribution in [0, 0.1) is 30.6 Å². The van der Waals surface area contributed by atoms with Crippen LogP contribution in [0.3, 0.4) is 0 Å². The number of hydrogen-bond acceptors (Lipinski definition) is 8. The average Bonchev–Trinajstić information content (AvgIpc) is 3.53. The third-order valence-electron chi connectivity index (χ3n) is 11.8. The van der Waals surface area contributed by atoms with Crippen LogP contribution in [0.4, 0.5) is 19.0 Å². The number of likely N-dealkylation sites (tertiary alicyclic amines) is 1. The van der Waals surface area contributed by atoms with Crippen LogP contribution >= 0.6 is 23.2 Å². The van der Waals surface area contributed by atoms with E-state index < -0.39 is 69.5 Å². The normalized spacial score (nSPS) is 25.9. The number of anilines is 1. The van der Waals surface area contributed by atoms with Crippen LogP contribution in [0.25, 0.3) is 0 Å². The molecule has 0 spiro atoms. The minimum Gasteiger partial charge on any atom is -0.508 e. The van der Waals surface area contributed by atoms with Gasteiger partial charge in [-0.1, -0.05) is 77.3 Å². The number of nitrogens with zero attached hydrogens (tertiary/aromatic N) is 3. The second-order valence-electron chi connectivity index (χ2n) is 14.7. The van der Waals surface area contributed by atoms with Gasteiger partial charge in [-0.05, 0) is 79.1 Å². The van der Waals surface area contributed by atoms with Gasteiger partial charge in [0.15, 0.2) is 5.82 Å². The van der Waals surface area contributed by atoms with Crippen LogP contribution in [0.2, 0.25) is 10.0 Å². The number of hydrogen-bond donors (Lipinski definition) is 3. The number of fused-ring (bicyclic) bond motifs is 4. The summed E-state index contributed by atoms with van der Waals surface area (Å²) in [7, 11) is 0. The van der Waals surface area contributed by atoms with Crippen molar-refractivity contribution in [3.63, 3.8) is 0 Å². The van der Waals surface area contributed by atoms with Crippen LogP contribution < -0.4 is 5.43 Å². The maximum Gasteiger partial charge on any atom is 0.417 e. The van der Waals surface area contributed by atoms with E-state index in [1.54, 1.807) is 61.5 Å². The number of aromatic nitrogens is 1. The van der Waals surface area contributed by atoms with Gasteiger partial charge in [-0.3, -0.25) is 29.5 Å². The van der Waals surface area contributed by atoms with Gasteiger partial charge < -0.3 is 10.2 Å². The molecule has 3 heterocycles. The molecule has 2 saturated heterocycles. The van der Waals surface area contributed by atoms with Gasteiger partial charge in [0.1, 0.15) is 11.5 Å². The number of hydrazine groups is 1. The van der Waals surface area contributed by atoms with Crippen LogP contribution in [0.15, 0.2) is 90.6 Å². The molecule has 3 fully saturated rings. The zero-order valence-corrected chi connectivity index (χ0v) is 31.1. The molecule has 8 rings (SSSR count). The van der Waals surface area contributed by atoms with Gasteiger partial charge >= 0.3 is 6.18 Å². The number of phenolic OH excluding ortho intramolecular Hbond substituents is 2. The molecular formula is C41H33Cl2F3N4O6. The second-order valence-corrected chi connectivity index (χ2v) is 15.5. The smallest absolute Gasteiger partial charge is 0.417 e. The average molecular weight is 806 g/mol. The molecule has 288 valence electrons. The molecule has 10 nitrogen and oxygen atoms in total.